The van der Waals surface area contributed by atoms with Crippen LogP contribution in [-0.4, -0.2) is 26.9 Å². The van der Waals surface area contributed by atoms with Crippen molar-refractivity contribution in [3.8, 4) is 0 Å². The Morgan fingerprint density at radius 3 is 2.81 bits per heavy atom. The van der Waals surface area contributed by atoms with E-state index >= 15 is 0 Å². The Hall–Kier alpha value is -1.52. The van der Waals surface area contributed by atoms with E-state index in [2.05, 4.69) is 15.4 Å². The van der Waals surface area contributed by atoms with Crippen molar-refractivity contribution >= 4 is 45.4 Å². The van der Waals surface area contributed by atoms with Crippen molar-refractivity contribution in [2.45, 2.75) is 30.1 Å². The first-order chi connectivity index (χ1) is 11.9. The third kappa shape index (κ3) is 4.41. The van der Waals surface area contributed by atoms with Crippen molar-refractivity contribution < 1.29 is 17.6 Å². The Labute approximate surface area is 161 Å². The molecule has 1 atom stereocenters. The SMILES string of the molecule is CC(NS(=O)(=O)c1cccs1)C(=O)Nc1ccc2c(c1F)CCNC2.Cl. The van der Waals surface area contributed by atoms with Gasteiger partial charge < -0.3 is 10.6 Å². The van der Waals surface area contributed by atoms with Gasteiger partial charge in [0.25, 0.3) is 10.0 Å². The monoisotopic (exact) mass is 419 g/mol. The first-order valence-electron chi connectivity index (χ1n) is 7.76. The van der Waals surface area contributed by atoms with E-state index in [0.29, 0.717) is 25.1 Å². The number of amides is 1. The number of rotatable bonds is 5. The van der Waals surface area contributed by atoms with E-state index in [-0.39, 0.29) is 22.3 Å². The van der Waals surface area contributed by atoms with Crippen LogP contribution in [0.2, 0.25) is 0 Å². The molecule has 0 radical (unpaired) electrons. The molecule has 0 saturated carbocycles. The third-order valence-corrected chi connectivity index (χ3v) is 6.89. The number of anilines is 1. The first kappa shape index (κ1) is 20.8. The topological polar surface area (TPSA) is 87.3 Å². The van der Waals surface area contributed by atoms with Crippen molar-refractivity contribution in [3.05, 3.63) is 46.6 Å². The number of halogens is 2. The van der Waals surface area contributed by atoms with Crippen molar-refractivity contribution in [1.82, 2.24) is 10.0 Å². The molecule has 26 heavy (non-hydrogen) atoms. The van der Waals surface area contributed by atoms with Gasteiger partial charge in [-0.15, -0.1) is 23.7 Å². The normalized spacial score (nSPS) is 14.8. The zero-order chi connectivity index (χ0) is 18.0. The van der Waals surface area contributed by atoms with Gasteiger partial charge in [-0.2, -0.15) is 4.72 Å². The lowest BCUT2D eigenvalue weighted by molar-refractivity contribution is -0.117. The molecule has 3 rings (SSSR count). The van der Waals surface area contributed by atoms with Gasteiger partial charge in [-0.25, -0.2) is 12.8 Å². The van der Waals surface area contributed by atoms with Gasteiger partial charge in [0.2, 0.25) is 5.91 Å². The Morgan fingerprint density at radius 2 is 2.12 bits per heavy atom. The highest BCUT2D eigenvalue weighted by Crippen LogP contribution is 2.24. The van der Waals surface area contributed by atoms with Crippen LogP contribution in [0.5, 0.6) is 0 Å². The van der Waals surface area contributed by atoms with Crippen LogP contribution in [0.1, 0.15) is 18.1 Å². The molecule has 1 aromatic heterocycles. The summed E-state index contributed by atoms with van der Waals surface area (Å²) in [6.07, 6.45) is 0.547. The molecule has 1 amide bonds. The fourth-order valence-electron chi connectivity index (χ4n) is 2.63. The van der Waals surface area contributed by atoms with Gasteiger partial charge in [-0.1, -0.05) is 12.1 Å². The van der Waals surface area contributed by atoms with Gasteiger partial charge >= 0.3 is 0 Å². The van der Waals surface area contributed by atoms with E-state index < -0.39 is 27.8 Å². The molecule has 0 saturated heterocycles. The fourth-order valence-corrected chi connectivity index (χ4v) is 4.84. The molecule has 0 spiro atoms. The molecule has 10 heteroatoms. The van der Waals surface area contributed by atoms with Crippen LogP contribution >= 0.6 is 23.7 Å². The summed E-state index contributed by atoms with van der Waals surface area (Å²) in [6.45, 7) is 2.69. The lowest BCUT2D eigenvalue weighted by atomic mass is 9.99. The van der Waals surface area contributed by atoms with E-state index in [1.807, 2.05) is 0 Å². The van der Waals surface area contributed by atoms with Gasteiger partial charge in [0, 0.05) is 6.54 Å². The summed E-state index contributed by atoms with van der Waals surface area (Å²) in [5.74, 6) is -1.08. The number of hydrogen-bond acceptors (Lipinski definition) is 5. The molecule has 1 unspecified atom stereocenters. The zero-order valence-electron chi connectivity index (χ0n) is 13.9. The van der Waals surface area contributed by atoms with E-state index in [9.17, 15) is 17.6 Å². The number of fused-ring (bicyclic) bond motifs is 1. The standard InChI is InChI=1S/C16H18FN3O3S2.ClH/c1-10(20-25(22,23)14-3-2-8-24-14)16(21)19-13-5-4-11-9-18-7-6-12(11)15(13)17;/h2-5,8,10,18,20H,6-7,9H2,1H3,(H,19,21);1H. The Bertz CT molecular complexity index is 888. The highest BCUT2D eigenvalue weighted by Gasteiger charge is 2.24. The maximum Gasteiger partial charge on any atom is 0.250 e. The quantitative estimate of drug-likeness (QED) is 0.693. The number of carbonyl (C=O) groups is 1. The van der Waals surface area contributed by atoms with Crippen molar-refractivity contribution in [1.29, 1.82) is 0 Å². The van der Waals surface area contributed by atoms with Crippen LogP contribution in [0.4, 0.5) is 10.1 Å². The second kappa shape index (κ2) is 8.45. The summed E-state index contributed by atoms with van der Waals surface area (Å²) < 4.78 is 41.3. The number of nitrogens with one attached hydrogen (secondary N) is 3. The summed E-state index contributed by atoms with van der Waals surface area (Å²) in [4.78, 5) is 12.3. The smallest absolute Gasteiger partial charge is 0.250 e. The Kier molecular flexibility index (Phi) is 6.75. The lowest BCUT2D eigenvalue weighted by Crippen LogP contribution is -2.41. The van der Waals surface area contributed by atoms with Gasteiger partial charge in [-0.05, 0) is 48.5 Å². The number of thiophene rings is 1. The fraction of sp³-hybridized carbons (Fsp3) is 0.312. The number of sulfonamides is 1. The minimum absolute atomic E-state index is 0. The predicted octanol–water partition coefficient (Wildman–Crippen LogP) is 2.26. The molecule has 2 aromatic rings. The average molecular weight is 420 g/mol. The second-order valence-electron chi connectivity index (χ2n) is 5.76. The molecule has 0 aliphatic carbocycles. The minimum Gasteiger partial charge on any atom is -0.322 e. The summed E-state index contributed by atoms with van der Waals surface area (Å²) in [5, 5.41) is 7.26. The Morgan fingerprint density at radius 1 is 1.35 bits per heavy atom. The van der Waals surface area contributed by atoms with Crippen molar-refractivity contribution in [3.63, 3.8) is 0 Å². The predicted molar refractivity (Wildman–Crippen MR) is 102 cm³/mol. The number of benzene rings is 1. The molecule has 0 bridgehead atoms. The van der Waals surface area contributed by atoms with Gasteiger partial charge in [-0.3, -0.25) is 4.79 Å². The molecular formula is C16H19ClFN3O3S2. The highest BCUT2D eigenvalue weighted by atomic mass is 35.5. The summed E-state index contributed by atoms with van der Waals surface area (Å²) in [6, 6.07) is 5.29. The lowest BCUT2D eigenvalue weighted by Gasteiger charge is -2.20. The van der Waals surface area contributed by atoms with Crippen LogP contribution in [-0.2, 0) is 27.8 Å². The molecule has 2 heterocycles. The van der Waals surface area contributed by atoms with E-state index in [0.717, 1.165) is 16.9 Å². The van der Waals surface area contributed by atoms with Crippen LogP contribution in [0.3, 0.4) is 0 Å². The molecule has 0 fully saturated rings. The maximum atomic E-state index is 14.6. The molecule has 1 aliphatic rings. The zero-order valence-corrected chi connectivity index (χ0v) is 16.4. The molecule has 3 N–H and O–H groups in total. The second-order valence-corrected chi connectivity index (χ2v) is 8.64. The van der Waals surface area contributed by atoms with Crippen LogP contribution in [0, 0.1) is 5.82 Å². The summed E-state index contributed by atoms with van der Waals surface area (Å²) in [7, 11) is -3.77. The van der Waals surface area contributed by atoms with Gasteiger partial charge in [0.05, 0.1) is 11.7 Å². The van der Waals surface area contributed by atoms with E-state index in [4.69, 9.17) is 0 Å². The third-order valence-electron chi connectivity index (χ3n) is 3.95. The maximum absolute atomic E-state index is 14.6. The summed E-state index contributed by atoms with van der Waals surface area (Å²) >= 11 is 1.06. The molecular weight excluding hydrogens is 401 g/mol. The number of carbonyl (C=O) groups excluding carboxylic acids is 1. The largest absolute Gasteiger partial charge is 0.322 e. The van der Waals surface area contributed by atoms with Gasteiger partial charge in [0.15, 0.2) is 0 Å². The molecule has 1 aromatic carbocycles. The van der Waals surface area contributed by atoms with Crippen LogP contribution in [0.15, 0.2) is 33.9 Å². The molecule has 142 valence electrons. The molecule has 1 aliphatic heterocycles. The Balaban J connectivity index is 0.00000243. The van der Waals surface area contributed by atoms with E-state index in [1.54, 1.807) is 17.5 Å². The summed E-state index contributed by atoms with van der Waals surface area (Å²) in [5.41, 5.74) is 1.52. The van der Waals surface area contributed by atoms with Crippen molar-refractivity contribution in [2.24, 2.45) is 0 Å². The van der Waals surface area contributed by atoms with Gasteiger partial charge in [0.1, 0.15) is 10.0 Å². The average Bonchev–Trinajstić information content (AvgIpc) is 3.12. The highest BCUT2D eigenvalue weighted by molar-refractivity contribution is 7.91. The first-order valence-corrected chi connectivity index (χ1v) is 10.1. The van der Waals surface area contributed by atoms with Crippen LogP contribution < -0.4 is 15.4 Å². The van der Waals surface area contributed by atoms with E-state index in [1.165, 1.54) is 19.1 Å². The molecule has 6 nitrogen and oxygen atoms in total. The van der Waals surface area contributed by atoms with Crippen molar-refractivity contribution in [2.75, 3.05) is 11.9 Å². The van der Waals surface area contributed by atoms with Crippen LogP contribution in [0.25, 0.3) is 0 Å². The number of hydrogen-bond donors (Lipinski definition) is 3. The minimum atomic E-state index is -3.77.